The third kappa shape index (κ3) is 17.6. The Hall–Kier alpha value is -17.9. The van der Waals surface area contributed by atoms with Crippen molar-refractivity contribution in [3.8, 4) is 167 Å². The van der Waals surface area contributed by atoms with Crippen LogP contribution < -0.4 is 23.7 Å². The first-order chi connectivity index (χ1) is 57.4. The Labute approximate surface area is 673 Å². The summed E-state index contributed by atoms with van der Waals surface area (Å²) in [7, 11) is 0. The van der Waals surface area contributed by atoms with Crippen LogP contribution >= 0.6 is 0 Å². The molecule has 11 rings (SSSR count). The summed E-state index contributed by atoms with van der Waals surface area (Å²) in [6.07, 6.45) is -14.9. The Balaban J connectivity index is 1.09. The number of rotatable bonds is 21. The van der Waals surface area contributed by atoms with Gasteiger partial charge in [0.05, 0.1) is 55.6 Å². The van der Waals surface area contributed by atoms with Gasteiger partial charge in [-0.3, -0.25) is 0 Å². The monoisotopic (exact) mass is 1700 g/mol. The van der Waals surface area contributed by atoms with E-state index in [2.05, 4.69) is 0 Å². The highest BCUT2D eigenvalue weighted by atomic mass is 16.8. The molecule has 1 fully saturated rings. The number of ether oxygens (including phenoxy) is 11. The molecule has 0 aromatic heterocycles. The van der Waals surface area contributed by atoms with Gasteiger partial charge in [-0.1, -0.05) is 0 Å². The van der Waals surface area contributed by atoms with Crippen LogP contribution in [0.2, 0.25) is 0 Å². The maximum atomic E-state index is 15.3. The zero-order chi connectivity index (χ0) is 89.4. The molecule has 10 aromatic carbocycles. The summed E-state index contributed by atoms with van der Waals surface area (Å²) >= 11 is 0. The fraction of sp³-hybridized carbons (Fsp3) is 0.0909. The van der Waals surface area contributed by atoms with Crippen molar-refractivity contribution < 1.29 is 223 Å². The molecule has 45 nitrogen and oxygen atoms in total. The maximum absolute atomic E-state index is 15.3. The van der Waals surface area contributed by atoms with E-state index < -0.39 is 319 Å². The summed E-state index contributed by atoms with van der Waals surface area (Å²) in [6.45, 7) is -0.478. The van der Waals surface area contributed by atoms with Gasteiger partial charge in [-0.2, -0.15) is 0 Å². The molecule has 0 bridgehead atoms. The molecule has 5 atom stereocenters. The molecular formula is C77H54O45. The van der Waals surface area contributed by atoms with E-state index in [-0.39, 0.29) is 5.56 Å². The molecule has 1 heterocycles. The molecule has 0 radical (unpaired) electrons. The second-order valence-corrected chi connectivity index (χ2v) is 25.4. The van der Waals surface area contributed by atoms with Gasteiger partial charge >= 0.3 is 59.7 Å². The molecule has 2 unspecified atom stereocenters. The molecular weight excluding hydrogens is 1640 g/mol. The summed E-state index contributed by atoms with van der Waals surface area (Å²) in [5, 5.41) is 252. The van der Waals surface area contributed by atoms with Gasteiger partial charge in [0.2, 0.25) is 41.1 Å². The molecule has 0 saturated carbocycles. The van der Waals surface area contributed by atoms with Gasteiger partial charge in [0.15, 0.2) is 150 Å². The molecule has 24 N–H and O–H groups in total. The number of carbonyl (C=O) groups excluding carboxylic acids is 10. The highest BCUT2D eigenvalue weighted by Crippen LogP contribution is 2.47. The minimum Gasteiger partial charge on any atom is -0.504 e. The summed E-state index contributed by atoms with van der Waals surface area (Å²) in [5.74, 6) is -53.4. The van der Waals surface area contributed by atoms with Gasteiger partial charge in [0.1, 0.15) is 12.7 Å². The molecule has 632 valence electrons. The largest absolute Gasteiger partial charge is 0.504 e. The molecule has 0 aliphatic carbocycles. The number of phenolic OH excluding ortho intramolecular Hbond substituents is 24. The zero-order valence-corrected chi connectivity index (χ0v) is 60.4. The number of esters is 10. The summed E-state index contributed by atoms with van der Waals surface area (Å²) in [6, 6.07) is 9.42. The van der Waals surface area contributed by atoms with E-state index in [1.807, 2.05) is 0 Å². The van der Waals surface area contributed by atoms with Crippen LogP contribution in [0.3, 0.4) is 0 Å². The standard InChI is InChI=1S/C77H54O45/c1-23-2-24(3-34(78)54(23)92)68(103)113-52-21-33(16-47(91)63(52)101)76(111)122-77-66(121-75(110)32-15-46(90)62(100)51(20-32)117-72(107)28-10-41(85)58(96)42(86)11-28)65(120-74(109)31-14-45(89)61(99)50(19-31)116-71(106)27-8-39(83)57(95)40(84)9-27)64(119-73(108)30-13-44(88)60(98)49(18-30)115-70(105)26-6-37(81)56(94)38(82)7-26)53(118-77)22-112-67(102)29-12-43(87)59(97)48(17-29)114-69(104)25-4-35(79)55(93)36(80)5-25/h2-21,53,64-66,77-101H,22H2,1H3/t53-,64?,65+,66-,77?/m1/s1. The normalized spacial score (nSPS) is 14.6. The second kappa shape index (κ2) is 33.5. The Kier molecular flexibility index (Phi) is 23.3. The predicted molar refractivity (Wildman–Crippen MR) is 386 cm³/mol. The lowest BCUT2D eigenvalue weighted by Crippen LogP contribution is -2.63. The lowest BCUT2D eigenvalue weighted by molar-refractivity contribution is -0.282. The number of benzene rings is 10. The molecule has 1 aliphatic heterocycles. The topological polar surface area (TPSA) is 758 Å². The number of aryl methyl sites for hydroxylation is 1. The third-order valence-corrected chi connectivity index (χ3v) is 17.1. The van der Waals surface area contributed by atoms with Crippen LogP contribution in [-0.4, -0.2) is 220 Å². The van der Waals surface area contributed by atoms with Gasteiger partial charge in [-0.15, -0.1) is 0 Å². The van der Waals surface area contributed by atoms with E-state index in [1.165, 1.54) is 6.92 Å². The Bertz CT molecular complexity index is 5970. The Morgan fingerprint density at radius 1 is 0.230 bits per heavy atom. The van der Waals surface area contributed by atoms with Crippen molar-refractivity contribution in [2.24, 2.45) is 0 Å². The summed E-state index contributed by atoms with van der Waals surface area (Å²) in [5.41, 5.74) is -9.64. The Morgan fingerprint density at radius 3 is 0.680 bits per heavy atom. The SMILES string of the molecule is Cc1cc(C(=O)Oc2cc(C(=O)OC3O[C@H](COC(=O)c4cc(O)c(O)c(OC(=O)c5cc(O)c(O)c(O)c5)c4)C(OC(=O)c4cc(O)c(O)c(OC(=O)c5cc(O)c(O)c(O)c5)c4)[C@H](OC(=O)c4cc(O)c(O)c(OC(=O)c5cc(O)c(O)c(O)c5)c4)[C@H]3OC(=O)c3cc(O)c(O)c(OC(=O)c4cc(O)c(O)c(O)c4)c3)cc(O)c2O)cc(O)c1O. The molecule has 1 aliphatic rings. The Morgan fingerprint density at radius 2 is 0.426 bits per heavy atom. The maximum Gasteiger partial charge on any atom is 0.343 e. The summed E-state index contributed by atoms with van der Waals surface area (Å²) < 4.78 is 60.7. The second-order valence-electron chi connectivity index (χ2n) is 25.4. The van der Waals surface area contributed by atoms with Crippen LogP contribution in [0.1, 0.15) is 109 Å². The molecule has 45 heteroatoms. The van der Waals surface area contributed by atoms with Gasteiger partial charge < -0.3 is 175 Å². The smallest absolute Gasteiger partial charge is 0.343 e. The first kappa shape index (κ1) is 85.0. The van der Waals surface area contributed by atoms with Gasteiger partial charge in [0, 0.05) is 0 Å². The van der Waals surface area contributed by atoms with Gasteiger partial charge in [0.25, 0.3) is 0 Å². The first-order valence-corrected chi connectivity index (χ1v) is 33.5. The van der Waals surface area contributed by atoms with E-state index in [9.17, 15) is 151 Å². The van der Waals surface area contributed by atoms with Crippen LogP contribution in [0, 0.1) is 6.92 Å². The van der Waals surface area contributed by atoms with Crippen molar-refractivity contribution >= 4 is 59.7 Å². The van der Waals surface area contributed by atoms with Crippen molar-refractivity contribution in [2.75, 3.05) is 6.61 Å². The van der Waals surface area contributed by atoms with E-state index in [0.29, 0.717) is 115 Å². The number of hydrogen-bond acceptors (Lipinski definition) is 45. The van der Waals surface area contributed by atoms with Crippen molar-refractivity contribution in [1.82, 2.24) is 0 Å². The number of phenols is 24. The lowest BCUT2D eigenvalue weighted by Gasteiger charge is -2.43. The zero-order valence-electron chi connectivity index (χ0n) is 60.4. The molecule has 0 spiro atoms. The highest BCUT2D eigenvalue weighted by Gasteiger charge is 2.55. The van der Waals surface area contributed by atoms with E-state index in [0.717, 1.165) is 6.07 Å². The highest BCUT2D eigenvalue weighted by molar-refractivity contribution is 6.00. The van der Waals surface area contributed by atoms with E-state index in [4.69, 9.17) is 52.1 Å². The fourth-order valence-corrected chi connectivity index (χ4v) is 11.0. The average molecular weight is 1700 g/mol. The van der Waals surface area contributed by atoms with E-state index >= 15 is 19.2 Å². The molecule has 1 saturated heterocycles. The van der Waals surface area contributed by atoms with Crippen molar-refractivity contribution in [2.45, 2.75) is 37.6 Å². The van der Waals surface area contributed by atoms with Crippen LogP contribution in [0.5, 0.6) is 167 Å². The van der Waals surface area contributed by atoms with Gasteiger partial charge in [-0.25, -0.2) is 47.9 Å². The molecule has 122 heavy (non-hydrogen) atoms. The number of hydrogen-bond donors (Lipinski definition) is 24. The molecule has 0 amide bonds. The first-order valence-electron chi connectivity index (χ1n) is 33.5. The quantitative estimate of drug-likeness (QED) is 0.0184. The third-order valence-electron chi connectivity index (χ3n) is 17.1. The van der Waals surface area contributed by atoms with Crippen molar-refractivity contribution in [1.29, 1.82) is 0 Å². The minimum absolute atomic E-state index is 0.140. The van der Waals surface area contributed by atoms with E-state index in [1.54, 1.807) is 0 Å². The summed E-state index contributed by atoms with van der Waals surface area (Å²) in [4.78, 5) is 143. The van der Waals surface area contributed by atoms with Crippen LogP contribution in [-0.2, 0) is 28.4 Å². The van der Waals surface area contributed by atoms with Crippen LogP contribution in [0.4, 0.5) is 0 Å². The molecule has 10 aromatic rings. The average Bonchev–Trinajstić information content (AvgIpc) is 0.759. The number of aromatic hydroxyl groups is 24. The van der Waals surface area contributed by atoms with Crippen molar-refractivity contribution in [3.05, 3.63) is 183 Å². The van der Waals surface area contributed by atoms with Crippen LogP contribution in [0.25, 0.3) is 0 Å². The number of carbonyl (C=O) groups is 10. The predicted octanol–water partition coefficient (Wildman–Crippen LogP) is 5.44. The van der Waals surface area contributed by atoms with Crippen molar-refractivity contribution in [3.63, 3.8) is 0 Å². The lowest BCUT2D eigenvalue weighted by atomic mass is 9.97. The van der Waals surface area contributed by atoms with Crippen LogP contribution in [0.15, 0.2) is 121 Å². The van der Waals surface area contributed by atoms with Gasteiger partial charge in [-0.05, 0) is 134 Å². The minimum atomic E-state index is -3.09. The fourth-order valence-electron chi connectivity index (χ4n) is 11.0.